The molecule has 1 amide bonds. The number of methoxy groups -OCH3 is 2. The van der Waals surface area contributed by atoms with Crippen molar-refractivity contribution in [3.05, 3.63) is 47.5 Å². The second kappa shape index (κ2) is 13.6. The summed E-state index contributed by atoms with van der Waals surface area (Å²) >= 11 is 0. The van der Waals surface area contributed by atoms with Crippen molar-refractivity contribution in [1.82, 2.24) is 9.80 Å². The fraction of sp³-hybridized carbons (Fsp3) is 0.536. The van der Waals surface area contributed by atoms with Gasteiger partial charge in [-0.3, -0.25) is 4.79 Å². The van der Waals surface area contributed by atoms with Crippen LogP contribution in [0.2, 0.25) is 0 Å². The molecule has 2 heterocycles. The molecule has 0 aliphatic carbocycles. The van der Waals surface area contributed by atoms with Crippen molar-refractivity contribution in [2.24, 2.45) is 0 Å². The van der Waals surface area contributed by atoms with Crippen molar-refractivity contribution in [2.45, 2.75) is 45.1 Å². The molecular weight excluding hydrogens is 480 g/mol. The first kappa shape index (κ1) is 27.9. The number of carbonyl (C=O) groups excluding carboxylic acids is 1. The van der Waals surface area contributed by atoms with Crippen LogP contribution >= 0.6 is 12.4 Å². The number of likely N-dealkylation sites (tertiary alicyclic amines) is 1. The Balaban J connectivity index is 0.00000361. The standard InChI is InChI=1S/C28H38N2O5.ClH/c1-4-16-34-23-8-10-24(11-9-23)35-17-6-14-29-13-5-7-22(20-29)30-15-12-21-18-26(32-2)27(33-3)19-25(21)28(30)31;/h8-11,18-19,22H,4-7,12-17,20H2,1-3H3;1H. The maximum atomic E-state index is 13.4. The molecule has 0 saturated carbocycles. The number of carbonyl (C=O) groups is 1. The van der Waals surface area contributed by atoms with Gasteiger partial charge in [-0.15, -0.1) is 12.4 Å². The number of fused-ring (bicyclic) bond motifs is 1. The number of piperidine rings is 1. The van der Waals surface area contributed by atoms with Gasteiger partial charge in [0.1, 0.15) is 11.5 Å². The number of hydrogen-bond donors (Lipinski definition) is 0. The smallest absolute Gasteiger partial charge is 0.254 e. The van der Waals surface area contributed by atoms with E-state index in [1.54, 1.807) is 14.2 Å². The van der Waals surface area contributed by atoms with Gasteiger partial charge in [-0.1, -0.05) is 6.92 Å². The van der Waals surface area contributed by atoms with Crippen molar-refractivity contribution >= 4 is 18.3 Å². The van der Waals surface area contributed by atoms with Gasteiger partial charge in [0, 0.05) is 31.2 Å². The van der Waals surface area contributed by atoms with Crippen molar-refractivity contribution in [3.8, 4) is 23.0 Å². The SMILES string of the molecule is CCCOc1ccc(OCCCN2CCCC(N3CCc4cc(OC)c(OC)cc4C3=O)C2)cc1.Cl. The lowest BCUT2D eigenvalue weighted by Crippen LogP contribution is -2.52. The lowest BCUT2D eigenvalue weighted by Gasteiger charge is -2.41. The second-order valence-electron chi connectivity index (χ2n) is 9.23. The summed E-state index contributed by atoms with van der Waals surface area (Å²) in [6, 6.07) is 11.9. The van der Waals surface area contributed by atoms with Crippen LogP contribution in [0.15, 0.2) is 36.4 Å². The van der Waals surface area contributed by atoms with Gasteiger partial charge in [0.05, 0.1) is 27.4 Å². The molecule has 0 aromatic heterocycles. The van der Waals surface area contributed by atoms with Gasteiger partial charge in [-0.25, -0.2) is 0 Å². The number of hydrogen-bond acceptors (Lipinski definition) is 6. The van der Waals surface area contributed by atoms with Gasteiger partial charge in [0.15, 0.2) is 11.5 Å². The van der Waals surface area contributed by atoms with Crippen LogP contribution in [0.5, 0.6) is 23.0 Å². The van der Waals surface area contributed by atoms with E-state index in [-0.39, 0.29) is 24.4 Å². The molecule has 2 aliphatic heterocycles. The third kappa shape index (κ3) is 6.77. The van der Waals surface area contributed by atoms with Gasteiger partial charge >= 0.3 is 0 Å². The highest BCUT2D eigenvalue weighted by atomic mass is 35.5. The number of nitrogens with zero attached hydrogens (tertiary/aromatic N) is 2. The Morgan fingerprint density at radius 1 is 0.944 bits per heavy atom. The Hall–Kier alpha value is -2.64. The topological polar surface area (TPSA) is 60.5 Å². The molecular formula is C28H39ClN2O5. The number of rotatable bonds is 11. The molecule has 2 aromatic carbocycles. The lowest BCUT2D eigenvalue weighted by atomic mass is 9.94. The molecule has 0 bridgehead atoms. The Labute approximate surface area is 221 Å². The van der Waals surface area contributed by atoms with E-state index in [0.717, 1.165) is 87.5 Å². The first-order chi connectivity index (χ1) is 17.1. The monoisotopic (exact) mass is 518 g/mol. The van der Waals surface area contributed by atoms with Crippen LogP contribution in [-0.4, -0.2) is 75.4 Å². The van der Waals surface area contributed by atoms with Crippen LogP contribution < -0.4 is 18.9 Å². The molecule has 36 heavy (non-hydrogen) atoms. The average Bonchev–Trinajstić information content (AvgIpc) is 2.90. The fourth-order valence-corrected chi connectivity index (χ4v) is 4.99. The molecule has 1 saturated heterocycles. The maximum absolute atomic E-state index is 13.4. The van der Waals surface area contributed by atoms with Gasteiger partial charge < -0.3 is 28.7 Å². The van der Waals surface area contributed by atoms with Gasteiger partial charge in [0.25, 0.3) is 5.91 Å². The highest BCUT2D eigenvalue weighted by Crippen LogP contribution is 2.34. The van der Waals surface area contributed by atoms with E-state index in [1.165, 1.54) is 0 Å². The molecule has 2 aliphatic rings. The normalized spacial score (nSPS) is 17.7. The molecule has 198 valence electrons. The van der Waals surface area contributed by atoms with Crippen LogP contribution in [0.1, 0.15) is 48.5 Å². The van der Waals surface area contributed by atoms with Crippen molar-refractivity contribution < 1.29 is 23.7 Å². The summed E-state index contributed by atoms with van der Waals surface area (Å²) < 4.78 is 22.4. The zero-order valence-electron chi connectivity index (χ0n) is 21.7. The minimum absolute atomic E-state index is 0. The molecule has 0 N–H and O–H groups in total. The zero-order chi connectivity index (χ0) is 24.6. The summed E-state index contributed by atoms with van der Waals surface area (Å²) in [6.07, 6.45) is 4.95. The Bertz CT molecular complexity index is 985. The summed E-state index contributed by atoms with van der Waals surface area (Å²) in [4.78, 5) is 17.9. The van der Waals surface area contributed by atoms with Crippen molar-refractivity contribution in [3.63, 3.8) is 0 Å². The number of halogens is 1. The number of amides is 1. The first-order valence-electron chi connectivity index (χ1n) is 12.8. The number of ether oxygens (including phenoxy) is 4. The molecule has 2 aromatic rings. The maximum Gasteiger partial charge on any atom is 0.254 e. The van der Waals surface area contributed by atoms with Crippen LogP contribution in [0.25, 0.3) is 0 Å². The minimum atomic E-state index is 0. The van der Waals surface area contributed by atoms with E-state index < -0.39 is 0 Å². The molecule has 1 unspecified atom stereocenters. The molecule has 8 heteroatoms. The summed E-state index contributed by atoms with van der Waals surface area (Å²) in [5.74, 6) is 3.14. The molecule has 1 atom stereocenters. The van der Waals surface area contributed by atoms with Gasteiger partial charge in [-0.2, -0.15) is 0 Å². The third-order valence-corrected chi connectivity index (χ3v) is 6.83. The highest BCUT2D eigenvalue weighted by Gasteiger charge is 2.33. The zero-order valence-corrected chi connectivity index (χ0v) is 22.5. The fourth-order valence-electron chi connectivity index (χ4n) is 4.99. The summed E-state index contributed by atoms with van der Waals surface area (Å²) in [6.45, 7) is 7.21. The first-order valence-corrected chi connectivity index (χ1v) is 12.8. The van der Waals surface area contributed by atoms with Crippen molar-refractivity contribution in [1.29, 1.82) is 0 Å². The summed E-state index contributed by atoms with van der Waals surface area (Å²) in [7, 11) is 3.23. The quantitative estimate of drug-likeness (QED) is 0.396. The predicted molar refractivity (Wildman–Crippen MR) is 143 cm³/mol. The number of benzene rings is 2. The van der Waals surface area contributed by atoms with E-state index in [2.05, 4.69) is 16.7 Å². The second-order valence-corrected chi connectivity index (χ2v) is 9.23. The third-order valence-electron chi connectivity index (χ3n) is 6.83. The van der Waals surface area contributed by atoms with Gasteiger partial charge in [0.2, 0.25) is 0 Å². The Morgan fingerprint density at radius 2 is 1.61 bits per heavy atom. The molecule has 1 fully saturated rings. The van der Waals surface area contributed by atoms with E-state index in [9.17, 15) is 4.79 Å². The molecule has 4 rings (SSSR count). The summed E-state index contributed by atoms with van der Waals surface area (Å²) in [5, 5.41) is 0. The average molecular weight is 519 g/mol. The van der Waals surface area contributed by atoms with E-state index >= 15 is 0 Å². The molecule has 7 nitrogen and oxygen atoms in total. The van der Waals surface area contributed by atoms with E-state index in [1.807, 2.05) is 36.4 Å². The Kier molecular flexibility index (Phi) is 10.6. The van der Waals surface area contributed by atoms with Crippen LogP contribution in [0, 0.1) is 0 Å². The minimum Gasteiger partial charge on any atom is -0.494 e. The Morgan fingerprint density at radius 3 is 2.28 bits per heavy atom. The predicted octanol–water partition coefficient (Wildman–Crippen LogP) is 4.85. The van der Waals surface area contributed by atoms with Crippen LogP contribution in [0.4, 0.5) is 0 Å². The highest BCUT2D eigenvalue weighted by molar-refractivity contribution is 5.97. The van der Waals surface area contributed by atoms with E-state index in [4.69, 9.17) is 18.9 Å². The van der Waals surface area contributed by atoms with Crippen LogP contribution in [0.3, 0.4) is 0 Å². The van der Waals surface area contributed by atoms with Crippen molar-refractivity contribution in [2.75, 3.05) is 53.6 Å². The summed E-state index contributed by atoms with van der Waals surface area (Å²) in [5.41, 5.74) is 1.78. The van der Waals surface area contributed by atoms with Gasteiger partial charge in [-0.05, 0) is 80.6 Å². The van der Waals surface area contributed by atoms with Crippen LogP contribution in [-0.2, 0) is 6.42 Å². The molecule has 0 spiro atoms. The van der Waals surface area contributed by atoms with E-state index in [0.29, 0.717) is 18.1 Å². The molecule has 0 radical (unpaired) electrons. The largest absolute Gasteiger partial charge is 0.494 e. The lowest BCUT2D eigenvalue weighted by molar-refractivity contribution is 0.0517.